The zero-order valence-corrected chi connectivity index (χ0v) is 16.0. The minimum Gasteiger partial charge on any atom is -0.380 e. The first-order chi connectivity index (χ1) is 13.5. The molecule has 2 heterocycles. The molecule has 2 aromatic heterocycles. The van der Waals surface area contributed by atoms with E-state index in [1.165, 1.54) is 0 Å². The molecular formula is C19H22N8O. The Hall–Kier alpha value is -3.46. The zero-order valence-electron chi connectivity index (χ0n) is 16.0. The fraction of sp³-hybridized carbons (Fsp3) is 0.263. The highest BCUT2D eigenvalue weighted by Crippen LogP contribution is 2.32. The van der Waals surface area contributed by atoms with Crippen LogP contribution in [0.1, 0.15) is 22.8 Å². The van der Waals surface area contributed by atoms with Crippen LogP contribution in [-0.4, -0.2) is 45.5 Å². The van der Waals surface area contributed by atoms with Crippen molar-refractivity contribution in [2.75, 3.05) is 0 Å². The normalized spacial score (nSPS) is 11.0. The van der Waals surface area contributed by atoms with E-state index >= 15 is 0 Å². The van der Waals surface area contributed by atoms with E-state index in [1.54, 1.807) is 23.5 Å². The molecule has 9 nitrogen and oxygen atoms in total. The number of tetrazole rings is 2. The zero-order chi connectivity index (χ0) is 20.0. The summed E-state index contributed by atoms with van der Waals surface area (Å²) in [5, 5.41) is 33.4. The summed E-state index contributed by atoms with van der Waals surface area (Å²) in [4.78, 5) is 0. The van der Waals surface area contributed by atoms with Crippen LogP contribution in [0.4, 0.5) is 0 Å². The average Bonchev–Trinajstić information content (AvgIpc) is 3.31. The maximum absolute atomic E-state index is 11.3. The van der Waals surface area contributed by atoms with Gasteiger partial charge in [0.2, 0.25) is 0 Å². The van der Waals surface area contributed by atoms with Gasteiger partial charge >= 0.3 is 0 Å². The molecular weight excluding hydrogens is 356 g/mol. The van der Waals surface area contributed by atoms with E-state index in [0.717, 1.165) is 17.0 Å². The van der Waals surface area contributed by atoms with Gasteiger partial charge in [-0.25, -0.2) is 9.36 Å². The molecule has 9 heteroatoms. The predicted octanol–water partition coefficient (Wildman–Crippen LogP) is 1.21. The molecule has 0 aliphatic carbocycles. The van der Waals surface area contributed by atoms with Gasteiger partial charge in [-0.3, -0.25) is 0 Å². The summed E-state index contributed by atoms with van der Waals surface area (Å²) in [5.74, 6) is 1.46. The largest absolute Gasteiger partial charge is 0.380 e. The van der Waals surface area contributed by atoms with Crippen molar-refractivity contribution >= 4 is 0 Å². The van der Waals surface area contributed by atoms with Crippen LogP contribution >= 0.6 is 0 Å². The van der Waals surface area contributed by atoms with Gasteiger partial charge in [-0.05, 0) is 38.9 Å². The smallest absolute Gasteiger partial charge is 0.154 e. The maximum Gasteiger partial charge on any atom is 0.154 e. The molecule has 0 saturated heterocycles. The minimum atomic E-state index is -1.16. The van der Waals surface area contributed by atoms with Crippen molar-refractivity contribution < 1.29 is 5.11 Å². The summed E-state index contributed by atoms with van der Waals surface area (Å²) in [7, 11) is 3.57. The molecule has 0 atom stereocenters. The van der Waals surface area contributed by atoms with Crippen LogP contribution in [0, 0.1) is 6.92 Å². The third-order valence-corrected chi connectivity index (χ3v) is 4.46. The molecule has 0 radical (unpaired) electrons. The third-order valence-electron chi connectivity index (χ3n) is 4.46. The van der Waals surface area contributed by atoms with Crippen LogP contribution in [0.15, 0.2) is 60.7 Å². The Kier molecular flexibility index (Phi) is 5.85. The number of aryl methyl sites for hydroxylation is 3. The van der Waals surface area contributed by atoms with Gasteiger partial charge in [-0.2, -0.15) is 0 Å². The lowest BCUT2D eigenvalue weighted by Crippen LogP contribution is -2.31. The summed E-state index contributed by atoms with van der Waals surface area (Å²) < 4.78 is 3.19. The molecule has 28 heavy (non-hydrogen) atoms. The fourth-order valence-electron chi connectivity index (χ4n) is 2.70. The Balaban J connectivity index is 0.000000271. The van der Waals surface area contributed by atoms with Gasteiger partial charge in [0.1, 0.15) is 11.4 Å². The lowest BCUT2D eigenvalue weighted by Gasteiger charge is -2.28. The molecule has 0 aliphatic heterocycles. The molecule has 144 valence electrons. The van der Waals surface area contributed by atoms with Crippen LogP contribution in [0.5, 0.6) is 0 Å². The third kappa shape index (κ3) is 4.26. The second-order valence-electron chi connectivity index (χ2n) is 6.34. The van der Waals surface area contributed by atoms with Gasteiger partial charge in [0.25, 0.3) is 0 Å². The van der Waals surface area contributed by atoms with Gasteiger partial charge in [-0.15, -0.1) is 10.2 Å². The van der Waals surface area contributed by atoms with Crippen molar-refractivity contribution in [3.05, 3.63) is 83.4 Å². The van der Waals surface area contributed by atoms with Gasteiger partial charge < -0.3 is 5.11 Å². The monoisotopic (exact) mass is 378 g/mol. The fourth-order valence-corrected chi connectivity index (χ4v) is 2.70. The van der Waals surface area contributed by atoms with Crippen molar-refractivity contribution in [2.24, 2.45) is 14.1 Å². The lowest BCUT2D eigenvalue weighted by molar-refractivity contribution is 0.0778. The highest BCUT2D eigenvalue weighted by molar-refractivity contribution is 5.36. The summed E-state index contributed by atoms with van der Waals surface area (Å²) in [6.45, 7) is 1.85. The molecule has 0 saturated carbocycles. The van der Waals surface area contributed by atoms with E-state index in [-0.39, 0.29) is 0 Å². The van der Waals surface area contributed by atoms with Crippen molar-refractivity contribution in [2.45, 2.75) is 18.9 Å². The van der Waals surface area contributed by atoms with Crippen molar-refractivity contribution in [3.8, 4) is 0 Å². The number of rotatable bonds is 4. The van der Waals surface area contributed by atoms with Gasteiger partial charge in [0, 0.05) is 20.5 Å². The van der Waals surface area contributed by atoms with Crippen molar-refractivity contribution in [3.63, 3.8) is 0 Å². The highest BCUT2D eigenvalue weighted by atomic mass is 16.3. The molecule has 0 aliphatic rings. The topological polar surface area (TPSA) is 107 Å². The lowest BCUT2D eigenvalue weighted by atomic mass is 9.83. The SMILES string of the molecule is Cc1nnnn1C.Cn1nnnc1CC(O)(c1ccccc1)c1ccccc1. The standard InChI is InChI=1S/C16H16N4O.C3H6N4/c1-20-15(17-18-19-20)12-16(21,13-8-4-2-5-9-13)14-10-6-3-7-11-14;1-3-4-5-6-7(3)2/h2-11,21H,12H2,1H3;1-2H3. The second-order valence-corrected chi connectivity index (χ2v) is 6.34. The summed E-state index contributed by atoms with van der Waals surface area (Å²) in [5.41, 5.74) is 0.476. The van der Waals surface area contributed by atoms with Crippen molar-refractivity contribution in [1.82, 2.24) is 40.4 Å². The number of hydrogen-bond acceptors (Lipinski definition) is 7. The summed E-state index contributed by atoms with van der Waals surface area (Å²) in [6.07, 6.45) is 0.310. The van der Waals surface area contributed by atoms with Crippen LogP contribution < -0.4 is 0 Å². The van der Waals surface area contributed by atoms with Crippen molar-refractivity contribution in [1.29, 1.82) is 0 Å². The first-order valence-corrected chi connectivity index (χ1v) is 8.74. The van der Waals surface area contributed by atoms with E-state index in [2.05, 4.69) is 31.1 Å². The first-order valence-electron chi connectivity index (χ1n) is 8.74. The number of aromatic nitrogens is 8. The van der Waals surface area contributed by atoms with Gasteiger partial charge in [0.05, 0.1) is 0 Å². The van der Waals surface area contributed by atoms with E-state index in [4.69, 9.17) is 0 Å². The average molecular weight is 378 g/mol. The number of nitrogens with zero attached hydrogens (tertiary/aromatic N) is 8. The molecule has 1 N–H and O–H groups in total. The van der Waals surface area contributed by atoms with E-state index < -0.39 is 5.60 Å². The number of hydrogen-bond donors (Lipinski definition) is 1. The minimum absolute atomic E-state index is 0.310. The quantitative estimate of drug-likeness (QED) is 0.569. The van der Waals surface area contributed by atoms with Crippen LogP contribution in [0.25, 0.3) is 0 Å². The molecule has 0 amide bonds. The Morgan fingerprint density at radius 1 is 0.786 bits per heavy atom. The number of benzene rings is 2. The van der Waals surface area contributed by atoms with E-state index in [1.807, 2.05) is 67.6 Å². The Morgan fingerprint density at radius 2 is 1.29 bits per heavy atom. The molecule has 2 aromatic carbocycles. The maximum atomic E-state index is 11.3. The highest BCUT2D eigenvalue weighted by Gasteiger charge is 2.33. The summed E-state index contributed by atoms with van der Waals surface area (Å²) in [6, 6.07) is 19.2. The van der Waals surface area contributed by atoms with E-state index in [9.17, 15) is 5.11 Å². The summed E-state index contributed by atoms with van der Waals surface area (Å²) >= 11 is 0. The molecule has 4 rings (SSSR count). The molecule has 0 bridgehead atoms. The second kappa shape index (κ2) is 8.49. The van der Waals surface area contributed by atoms with Crippen LogP contribution in [0.3, 0.4) is 0 Å². The Labute approximate surface area is 162 Å². The Morgan fingerprint density at radius 3 is 1.64 bits per heavy atom. The molecule has 0 fully saturated rings. The van der Waals surface area contributed by atoms with E-state index in [0.29, 0.717) is 12.2 Å². The van der Waals surface area contributed by atoms with Gasteiger partial charge in [0.15, 0.2) is 5.82 Å². The predicted molar refractivity (Wildman–Crippen MR) is 102 cm³/mol. The molecule has 0 spiro atoms. The molecule has 0 unspecified atom stereocenters. The number of aliphatic hydroxyl groups is 1. The van der Waals surface area contributed by atoms with Gasteiger partial charge in [-0.1, -0.05) is 60.7 Å². The van der Waals surface area contributed by atoms with Crippen LogP contribution in [0.2, 0.25) is 0 Å². The van der Waals surface area contributed by atoms with Crippen LogP contribution in [-0.2, 0) is 26.1 Å². The Bertz CT molecular complexity index is 941. The first kappa shape index (κ1) is 19.3. The molecule has 4 aromatic rings.